The highest BCUT2D eigenvalue weighted by Crippen LogP contribution is 2.20. The molecule has 0 saturated carbocycles. The van der Waals surface area contributed by atoms with E-state index < -0.39 is 12.0 Å². The minimum atomic E-state index is -0.601. The molecule has 3 atom stereocenters. The van der Waals surface area contributed by atoms with Gasteiger partial charge in [-0.2, -0.15) is 0 Å². The Hall–Kier alpha value is -4.23. The van der Waals surface area contributed by atoms with Crippen molar-refractivity contribution in [1.82, 2.24) is 10.2 Å². The van der Waals surface area contributed by atoms with E-state index in [2.05, 4.69) is 5.32 Å². The van der Waals surface area contributed by atoms with Gasteiger partial charge in [-0.05, 0) is 48.8 Å². The molecule has 43 heavy (non-hydrogen) atoms. The van der Waals surface area contributed by atoms with Gasteiger partial charge in [0.1, 0.15) is 6.61 Å². The number of hydrogen-bond donors (Lipinski definition) is 2. The number of carbonyl (C=O) groups is 3. The SMILES string of the molecule is O=C1NC(Cc2ccccc2)COC(=O)C(Cc2ccccc2)CCC=CCC1CC(=O)N(CCO)Cc1ccccc1. The number of amides is 2. The highest BCUT2D eigenvalue weighted by molar-refractivity contribution is 5.86. The number of ether oxygens (including phenoxy) is 1. The zero-order valence-corrected chi connectivity index (χ0v) is 24.6. The number of nitrogens with zero attached hydrogens (tertiary/aromatic N) is 1. The third kappa shape index (κ3) is 10.5. The van der Waals surface area contributed by atoms with E-state index in [4.69, 9.17) is 4.74 Å². The summed E-state index contributed by atoms with van der Waals surface area (Å²) in [5.74, 6) is -1.61. The van der Waals surface area contributed by atoms with E-state index in [1.54, 1.807) is 4.90 Å². The van der Waals surface area contributed by atoms with Gasteiger partial charge in [-0.1, -0.05) is 103 Å². The quantitative estimate of drug-likeness (QED) is 0.262. The lowest BCUT2D eigenvalue weighted by molar-refractivity contribution is -0.150. The Balaban J connectivity index is 1.52. The van der Waals surface area contributed by atoms with Gasteiger partial charge in [-0.25, -0.2) is 0 Å². The predicted molar refractivity (Wildman–Crippen MR) is 167 cm³/mol. The van der Waals surface area contributed by atoms with Crippen LogP contribution in [0, 0.1) is 11.8 Å². The molecule has 1 aliphatic rings. The summed E-state index contributed by atoms with van der Waals surface area (Å²) in [6, 6.07) is 28.9. The molecule has 7 heteroatoms. The number of allylic oxidation sites excluding steroid dienone is 2. The van der Waals surface area contributed by atoms with E-state index in [0.717, 1.165) is 16.7 Å². The summed E-state index contributed by atoms with van der Waals surface area (Å²) in [5.41, 5.74) is 3.05. The number of aliphatic hydroxyl groups excluding tert-OH is 1. The highest BCUT2D eigenvalue weighted by Gasteiger charge is 2.28. The summed E-state index contributed by atoms with van der Waals surface area (Å²) >= 11 is 0. The molecule has 226 valence electrons. The number of hydrogen-bond acceptors (Lipinski definition) is 5. The number of benzene rings is 3. The van der Waals surface area contributed by atoms with E-state index in [1.807, 2.05) is 103 Å². The summed E-state index contributed by atoms with van der Waals surface area (Å²) in [5, 5.41) is 12.7. The number of esters is 1. The van der Waals surface area contributed by atoms with Gasteiger partial charge < -0.3 is 20.1 Å². The highest BCUT2D eigenvalue weighted by atomic mass is 16.5. The summed E-state index contributed by atoms with van der Waals surface area (Å²) in [4.78, 5) is 42.0. The van der Waals surface area contributed by atoms with Crippen molar-refractivity contribution in [2.24, 2.45) is 11.8 Å². The third-order valence-corrected chi connectivity index (χ3v) is 7.76. The van der Waals surface area contributed by atoms with Crippen molar-refractivity contribution in [2.75, 3.05) is 19.8 Å². The van der Waals surface area contributed by atoms with Crippen LogP contribution in [0.1, 0.15) is 42.4 Å². The maximum Gasteiger partial charge on any atom is 0.309 e. The van der Waals surface area contributed by atoms with Crippen LogP contribution in [0.15, 0.2) is 103 Å². The average molecular weight is 583 g/mol. The van der Waals surface area contributed by atoms with Crippen molar-refractivity contribution >= 4 is 17.8 Å². The van der Waals surface area contributed by atoms with Crippen LogP contribution in [0.25, 0.3) is 0 Å². The van der Waals surface area contributed by atoms with Crippen molar-refractivity contribution in [1.29, 1.82) is 0 Å². The van der Waals surface area contributed by atoms with E-state index in [0.29, 0.717) is 38.6 Å². The fraction of sp³-hybridized carbons (Fsp3) is 0.361. The molecule has 1 heterocycles. The lowest BCUT2D eigenvalue weighted by atomic mass is 9.94. The molecule has 3 aromatic carbocycles. The molecule has 1 aliphatic heterocycles. The van der Waals surface area contributed by atoms with Crippen LogP contribution in [0.2, 0.25) is 0 Å². The van der Waals surface area contributed by atoms with Gasteiger partial charge in [-0.3, -0.25) is 14.4 Å². The maximum atomic E-state index is 13.7. The molecule has 7 nitrogen and oxygen atoms in total. The van der Waals surface area contributed by atoms with Crippen LogP contribution in [0.4, 0.5) is 0 Å². The van der Waals surface area contributed by atoms with Crippen LogP contribution in [-0.4, -0.2) is 53.6 Å². The van der Waals surface area contributed by atoms with E-state index in [-0.39, 0.29) is 49.9 Å². The molecule has 2 amide bonds. The second-order valence-corrected chi connectivity index (χ2v) is 11.1. The normalized spacial score (nSPS) is 19.7. The van der Waals surface area contributed by atoms with Gasteiger partial charge in [0, 0.05) is 19.5 Å². The van der Waals surface area contributed by atoms with Crippen molar-refractivity contribution in [3.63, 3.8) is 0 Å². The Morgan fingerprint density at radius 2 is 1.42 bits per heavy atom. The minimum Gasteiger partial charge on any atom is -0.463 e. The van der Waals surface area contributed by atoms with Crippen LogP contribution in [0.3, 0.4) is 0 Å². The molecule has 0 aromatic heterocycles. The van der Waals surface area contributed by atoms with Crippen LogP contribution in [0.5, 0.6) is 0 Å². The Labute approximate surface area is 254 Å². The molecule has 0 bridgehead atoms. The average Bonchev–Trinajstić information content (AvgIpc) is 3.03. The van der Waals surface area contributed by atoms with Crippen molar-refractivity contribution < 1.29 is 24.2 Å². The molecule has 0 fully saturated rings. The van der Waals surface area contributed by atoms with Crippen molar-refractivity contribution in [3.8, 4) is 0 Å². The van der Waals surface area contributed by atoms with Crippen molar-refractivity contribution in [2.45, 2.75) is 51.1 Å². The first-order chi connectivity index (χ1) is 21.0. The molecule has 3 unspecified atom stereocenters. The summed E-state index contributed by atoms with van der Waals surface area (Å²) < 4.78 is 5.85. The summed E-state index contributed by atoms with van der Waals surface area (Å²) in [6.45, 7) is 0.431. The van der Waals surface area contributed by atoms with Gasteiger partial charge in [0.15, 0.2) is 0 Å². The zero-order valence-electron chi connectivity index (χ0n) is 24.6. The Kier molecular flexibility index (Phi) is 12.5. The molecule has 0 radical (unpaired) electrons. The first-order valence-electron chi connectivity index (χ1n) is 15.1. The van der Waals surface area contributed by atoms with Gasteiger partial charge in [0.2, 0.25) is 11.8 Å². The second kappa shape index (κ2) is 17.0. The number of nitrogens with one attached hydrogen (secondary N) is 1. The number of rotatable bonds is 10. The fourth-order valence-electron chi connectivity index (χ4n) is 5.39. The van der Waals surface area contributed by atoms with Gasteiger partial charge >= 0.3 is 5.97 Å². The monoisotopic (exact) mass is 582 g/mol. The molecule has 0 saturated heterocycles. The molecule has 0 spiro atoms. The van der Waals surface area contributed by atoms with Gasteiger partial charge in [0.25, 0.3) is 0 Å². The van der Waals surface area contributed by atoms with E-state index in [9.17, 15) is 19.5 Å². The molecular weight excluding hydrogens is 540 g/mol. The first-order valence-corrected chi connectivity index (χ1v) is 15.1. The lowest BCUT2D eigenvalue weighted by Crippen LogP contribution is -2.45. The second-order valence-electron chi connectivity index (χ2n) is 11.1. The van der Waals surface area contributed by atoms with Gasteiger partial charge in [0.05, 0.1) is 24.5 Å². The Morgan fingerprint density at radius 1 is 0.814 bits per heavy atom. The van der Waals surface area contributed by atoms with E-state index >= 15 is 0 Å². The van der Waals surface area contributed by atoms with E-state index in [1.165, 1.54) is 0 Å². The third-order valence-electron chi connectivity index (χ3n) is 7.76. The predicted octanol–water partition coefficient (Wildman–Crippen LogP) is 4.88. The molecule has 4 rings (SSSR count). The van der Waals surface area contributed by atoms with Crippen LogP contribution in [-0.2, 0) is 38.5 Å². The minimum absolute atomic E-state index is 0.0114. The fourth-order valence-corrected chi connectivity index (χ4v) is 5.39. The molecular formula is C36H42N2O5. The molecule has 0 aliphatic carbocycles. The summed E-state index contributed by atoms with van der Waals surface area (Å²) in [7, 11) is 0. The maximum absolute atomic E-state index is 13.7. The number of cyclic esters (lactones) is 1. The molecule has 2 N–H and O–H groups in total. The smallest absolute Gasteiger partial charge is 0.309 e. The Morgan fingerprint density at radius 3 is 2.05 bits per heavy atom. The molecule has 3 aromatic rings. The van der Waals surface area contributed by atoms with Crippen LogP contribution >= 0.6 is 0 Å². The summed E-state index contributed by atoms with van der Waals surface area (Å²) in [6.07, 6.45) is 6.70. The number of aliphatic hydroxyl groups is 1. The largest absolute Gasteiger partial charge is 0.463 e. The topological polar surface area (TPSA) is 95.9 Å². The lowest BCUT2D eigenvalue weighted by Gasteiger charge is -2.26. The van der Waals surface area contributed by atoms with Gasteiger partial charge in [-0.15, -0.1) is 0 Å². The standard InChI is InChI=1S/C36H42N2O5/c39-22-21-38(26-30-17-9-3-10-18-30)34(40)25-31-19-11-4-12-20-32(23-28-13-5-1-6-14-28)36(42)43-27-33(37-35(31)41)24-29-15-7-2-8-16-29/h1-11,13-18,31-33,39H,12,19-27H2,(H,37,41). The zero-order chi connectivity index (χ0) is 30.3. The van der Waals surface area contributed by atoms with Crippen LogP contribution < -0.4 is 5.32 Å². The van der Waals surface area contributed by atoms with Crippen molar-refractivity contribution in [3.05, 3.63) is 120 Å². The first kappa shape index (κ1) is 31.7. The Bertz CT molecular complexity index is 1310. The number of carbonyl (C=O) groups excluding carboxylic acids is 3.